The van der Waals surface area contributed by atoms with Crippen LogP contribution in [0.3, 0.4) is 0 Å². The molecule has 3 rings (SSSR count). The number of amides is 1. The Morgan fingerprint density at radius 1 is 1.17 bits per heavy atom. The van der Waals surface area contributed by atoms with Crippen LogP contribution < -0.4 is 11.0 Å². The van der Waals surface area contributed by atoms with Gasteiger partial charge in [-0.05, 0) is 38.5 Å². The van der Waals surface area contributed by atoms with Crippen molar-refractivity contribution in [3.63, 3.8) is 0 Å². The van der Waals surface area contributed by atoms with Crippen LogP contribution in [-0.4, -0.2) is 20.1 Å². The first kappa shape index (κ1) is 16.0. The highest BCUT2D eigenvalue weighted by Gasteiger charge is 2.13. The van der Waals surface area contributed by atoms with Gasteiger partial charge in [0.2, 0.25) is 5.91 Å². The fraction of sp³-hybridized carbons (Fsp3) is 0.278. The van der Waals surface area contributed by atoms with Crippen molar-refractivity contribution in [2.75, 3.05) is 0 Å². The SMILES string of the molecule is Cc1ccc([C@H](C)NC(=O)Cn2ncc3ccc(C)n3c2=O)cc1. The molecular formula is C18H20N4O2. The highest BCUT2D eigenvalue weighted by molar-refractivity contribution is 5.76. The first-order valence-electron chi connectivity index (χ1n) is 7.86. The number of nitrogens with one attached hydrogen (secondary N) is 1. The van der Waals surface area contributed by atoms with Gasteiger partial charge in [0.15, 0.2) is 0 Å². The van der Waals surface area contributed by atoms with Gasteiger partial charge in [-0.2, -0.15) is 5.10 Å². The third-order valence-electron chi connectivity index (χ3n) is 4.10. The molecule has 0 aliphatic carbocycles. The molecule has 24 heavy (non-hydrogen) atoms. The fourth-order valence-electron chi connectivity index (χ4n) is 2.68. The number of hydrogen-bond acceptors (Lipinski definition) is 3. The van der Waals surface area contributed by atoms with E-state index in [-0.39, 0.29) is 24.2 Å². The van der Waals surface area contributed by atoms with E-state index in [0.717, 1.165) is 16.8 Å². The van der Waals surface area contributed by atoms with Gasteiger partial charge in [0.25, 0.3) is 0 Å². The first-order valence-corrected chi connectivity index (χ1v) is 7.86. The zero-order chi connectivity index (χ0) is 17.3. The molecule has 1 N–H and O–H groups in total. The number of rotatable bonds is 4. The number of carbonyl (C=O) groups excluding carboxylic acids is 1. The Morgan fingerprint density at radius 3 is 2.58 bits per heavy atom. The molecule has 0 fully saturated rings. The largest absolute Gasteiger partial charge is 0.349 e. The second-order valence-corrected chi connectivity index (χ2v) is 6.02. The Hall–Kier alpha value is -2.89. The lowest BCUT2D eigenvalue weighted by Crippen LogP contribution is -2.37. The van der Waals surface area contributed by atoms with Crippen LogP contribution in [-0.2, 0) is 11.3 Å². The number of carbonyl (C=O) groups is 1. The number of hydrogen-bond donors (Lipinski definition) is 1. The molecule has 0 spiro atoms. The molecule has 0 unspecified atom stereocenters. The third kappa shape index (κ3) is 3.08. The maximum absolute atomic E-state index is 12.4. The summed E-state index contributed by atoms with van der Waals surface area (Å²) in [6, 6.07) is 11.5. The van der Waals surface area contributed by atoms with Gasteiger partial charge in [0, 0.05) is 5.69 Å². The number of benzene rings is 1. The third-order valence-corrected chi connectivity index (χ3v) is 4.10. The summed E-state index contributed by atoms with van der Waals surface area (Å²) >= 11 is 0. The highest BCUT2D eigenvalue weighted by Crippen LogP contribution is 2.12. The molecule has 1 atom stereocenters. The first-order chi connectivity index (χ1) is 11.5. The zero-order valence-corrected chi connectivity index (χ0v) is 14.0. The summed E-state index contributed by atoms with van der Waals surface area (Å²) in [4.78, 5) is 24.7. The van der Waals surface area contributed by atoms with Gasteiger partial charge >= 0.3 is 5.69 Å². The molecule has 0 saturated heterocycles. The molecule has 0 aliphatic heterocycles. The molecule has 1 aromatic carbocycles. The van der Waals surface area contributed by atoms with E-state index >= 15 is 0 Å². The summed E-state index contributed by atoms with van der Waals surface area (Å²) < 4.78 is 2.72. The maximum atomic E-state index is 12.4. The van der Waals surface area contributed by atoms with Crippen molar-refractivity contribution in [3.8, 4) is 0 Å². The van der Waals surface area contributed by atoms with E-state index in [1.807, 2.05) is 57.2 Å². The summed E-state index contributed by atoms with van der Waals surface area (Å²) in [5.74, 6) is -0.248. The highest BCUT2D eigenvalue weighted by atomic mass is 16.2. The van der Waals surface area contributed by atoms with Crippen molar-refractivity contribution < 1.29 is 4.79 Å². The second kappa shape index (κ2) is 6.31. The normalized spacial score (nSPS) is 12.3. The molecule has 0 radical (unpaired) electrons. The standard InChI is InChI=1S/C18H20N4O2/c1-12-4-7-15(8-5-12)14(3)20-17(23)11-21-18(24)22-13(2)6-9-16(22)10-19-21/h4-10,14H,11H2,1-3H3,(H,20,23)/t14-/m0/s1. The number of fused-ring (bicyclic) bond motifs is 1. The van der Waals surface area contributed by atoms with E-state index in [4.69, 9.17) is 0 Å². The monoisotopic (exact) mass is 324 g/mol. The molecule has 0 aliphatic rings. The minimum Gasteiger partial charge on any atom is -0.348 e. The van der Waals surface area contributed by atoms with E-state index in [9.17, 15) is 9.59 Å². The minimum atomic E-state index is -0.312. The molecule has 2 aromatic heterocycles. The molecule has 3 aromatic rings. The van der Waals surface area contributed by atoms with E-state index in [1.54, 1.807) is 10.6 Å². The Kier molecular flexibility index (Phi) is 4.20. The summed E-state index contributed by atoms with van der Waals surface area (Å²) in [6.07, 6.45) is 1.59. The van der Waals surface area contributed by atoms with Crippen LogP contribution in [0.15, 0.2) is 47.4 Å². The number of aromatic nitrogens is 3. The topological polar surface area (TPSA) is 68.4 Å². The molecule has 0 bridgehead atoms. The van der Waals surface area contributed by atoms with Gasteiger partial charge in [-0.25, -0.2) is 9.48 Å². The summed E-state index contributed by atoms with van der Waals surface area (Å²) in [6.45, 7) is 5.67. The van der Waals surface area contributed by atoms with Crippen molar-refractivity contribution >= 4 is 11.4 Å². The summed E-state index contributed by atoms with van der Waals surface area (Å²) in [7, 11) is 0. The van der Waals surface area contributed by atoms with Crippen molar-refractivity contribution in [2.45, 2.75) is 33.4 Å². The van der Waals surface area contributed by atoms with Crippen LogP contribution in [0.25, 0.3) is 5.52 Å². The Labute approximate surface area is 139 Å². The molecule has 6 nitrogen and oxygen atoms in total. The van der Waals surface area contributed by atoms with Gasteiger partial charge < -0.3 is 5.32 Å². The van der Waals surface area contributed by atoms with Gasteiger partial charge in [-0.1, -0.05) is 29.8 Å². The zero-order valence-electron chi connectivity index (χ0n) is 14.0. The Bertz CT molecular complexity index is 938. The van der Waals surface area contributed by atoms with E-state index in [1.165, 1.54) is 10.2 Å². The van der Waals surface area contributed by atoms with Gasteiger partial charge in [-0.15, -0.1) is 0 Å². The molecule has 124 valence electrons. The van der Waals surface area contributed by atoms with E-state index in [2.05, 4.69) is 10.4 Å². The Morgan fingerprint density at radius 2 is 1.88 bits per heavy atom. The average molecular weight is 324 g/mol. The maximum Gasteiger partial charge on any atom is 0.349 e. The summed E-state index contributed by atoms with van der Waals surface area (Å²) in [5, 5.41) is 6.97. The number of aryl methyl sites for hydroxylation is 2. The van der Waals surface area contributed by atoms with E-state index in [0.29, 0.717) is 0 Å². The lowest BCUT2D eigenvalue weighted by atomic mass is 10.1. The molecule has 2 heterocycles. The van der Waals surface area contributed by atoms with Crippen LogP contribution in [0.4, 0.5) is 0 Å². The van der Waals surface area contributed by atoms with Gasteiger partial charge in [0.05, 0.1) is 17.8 Å². The molecule has 6 heteroatoms. The molecular weight excluding hydrogens is 304 g/mol. The fourth-order valence-corrected chi connectivity index (χ4v) is 2.68. The number of nitrogens with zero attached hydrogens (tertiary/aromatic N) is 3. The molecule has 1 amide bonds. The van der Waals surface area contributed by atoms with Crippen molar-refractivity contribution in [2.24, 2.45) is 0 Å². The predicted molar refractivity (Wildman–Crippen MR) is 91.9 cm³/mol. The van der Waals surface area contributed by atoms with Crippen LogP contribution >= 0.6 is 0 Å². The predicted octanol–water partition coefficient (Wildman–Crippen LogP) is 1.99. The molecule has 0 saturated carbocycles. The summed E-state index contributed by atoms with van der Waals surface area (Å²) in [5.41, 5.74) is 3.42. The van der Waals surface area contributed by atoms with E-state index < -0.39 is 0 Å². The second-order valence-electron chi connectivity index (χ2n) is 6.02. The minimum absolute atomic E-state index is 0.109. The van der Waals surface area contributed by atoms with Gasteiger partial charge in [0.1, 0.15) is 6.54 Å². The van der Waals surface area contributed by atoms with Crippen LogP contribution in [0.5, 0.6) is 0 Å². The average Bonchev–Trinajstić information content (AvgIpc) is 2.92. The van der Waals surface area contributed by atoms with Crippen molar-refractivity contribution in [1.82, 2.24) is 19.5 Å². The Balaban J connectivity index is 1.75. The van der Waals surface area contributed by atoms with Crippen LogP contribution in [0.1, 0.15) is 29.8 Å². The van der Waals surface area contributed by atoms with Crippen LogP contribution in [0, 0.1) is 13.8 Å². The lowest BCUT2D eigenvalue weighted by Gasteiger charge is -2.15. The van der Waals surface area contributed by atoms with Crippen molar-refractivity contribution in [1.29, 1.82) is 0 Å². The van der Waals surface area contributed by atoms with Crippen molar-refractivity contribution in [3.05, 3.63) is 69.9 Å². The van der Waals surface area contributed by atoms with Crippen LogP contribution in [0.2, 0.25) is 0 Å². The quantitative estimate of drug-likeness (QED) is 0.798. The van der Waals surface area contributed by atoms with Gasteiger partial charge in [-0.3, -0.25) is 9.20 Å². The lowest BCUT2D eigenvalue weighted by molar-refractivity contribution is -0.122. The smallest absolute Gasteiger partial charge is 0.348 e.